The molecule has 3 aromatic rings. The Morgan fingerprint density at radius 1 is 1.10 bits per heavy atom. The average molecular weight is 453 g/mol. The summed E-state index contributed by atoms with van der Waals surface area (Å²) < 4.78 is 1.08. The Labute approximate surface area is 191 Å². The maximum atomic E-state index is 10.6. The lowest BCUT2D eigenvalue weighted by Crippen LogP contribution is -2.39. The minimum absolute atomic E-state index is 0.268. The van der Waals surface area contributed by atoms with Gasteiger partial charge in [0, 0.05) is 18.1 Å². The molecular formula is C24H25ClN4OS. The normalized spacial score (nSPS) is 18.5. The Balaban J connectivity index is 1.18. The quantitative estimate of drug-likeness (QED) is 0.542. The zero-order chi connectivity index (χ0) is 21.4. The van der Waals surface area contributed by atoms with Crippen molar-refractivity contribution < 1.29 is 5.11 Å². The number of para-hydroxylation sites is 1. The molecule has 0 unspecified atom stereocenters. The van der Waals surface area contributed by atoms with E-state index in [2.05, 4.69) is 22.0 Å². The van der Waals surface area contributed by atoms with E-state index in [9.17, 15) is 5.11 Å². The highest BCUT2D eigenvalue weighted by Gasteiger charge is 2.32. The third-order valence-electron chi connectivity index (χ3n) is 6.20. The maximum absolute atomic E-state index is 10.6. The molecule has 31 heavy (non-hydrogen) atoms. The molecule has 1 aromatic heterocycles. The van der Waals surface area contributed by atoms with E-state index >= 15 is 0 Å². The third kappa shape index (κ3) is 4.33. The van der Waals surface area contributed by atoms with Crippen LogP contribution in [0.3, 0.4) is 0 Å². The summed E-state index contributed by atoms with van der Waals surface area (Å²) in [6.07, 6.45) is 2.21. The van der Waals surface area contributed by atoms with Crippen molar-refractivity contribution in [1.82, 2.24) is 14.8 Å². The van der Waals surface area contributed by atoms with Gasteiger partial charge in [-0.25, -0.2) is 4.98 Å². The van der Waals surface area contributed by atoms with E-state index in [0.29, 0.717) is 23.9 Å². The zero-order valence-electron chi connectivity index (χ0n) is 17.2. The van der Waals surface area contributed by atoms with Gasteiger partial charge in [-0.15, -0.1) is 11.3 Å². The molecule has 2 aliphatic heterocycles. The Morgan fingerprint density at radius 3 is 2.58 bits per heavy atom. The molecule has 7 heteroatoms. The molecule has 3 heterocycles. The molecule has 160 valence electrons. The van der Waals surface area contributed by atoms with Crippen molar-refractivity contribution >= 4 is 44.6 Å². The maximum Gasteiger partial charge on any atom is 0.135 e. The predicted octanol–water partition coefficient (Wildman–Crippen LogP) is 5.42. The smallest absolute Gasteiger partial charge is 0.135 e. The Kier molecular flexibility index (Phi) is 5.69. The summed E-state index contributed by atoms with van der Waals surface area (Å²) in [5, 5.41) is 20.8. The number of likely N-dealkylation sites (tertiary alicyclic amines) is 1. The highest BCUT2D eigenvalue weighted by atomic mass is 35.5. The second-order valence-corrected chi connectivity index (χ2v) is 9.85. The summed E-state index contributed by atoms with van der Waals surface area (Å²) in [7, 11) is 0. The molecule has 0 amide bonds. The summed E-state index contributed by atoms with van der Waals surface area (Å²) in [6, 6.07) is 16.0. The third-order valence-corrected chi connectivity index (χ3v) is 7.50. The van der Waals surface area contributed by atoms with Gasteiger partial charge in [-0.3, -0.25) is 10.3 Å². The molecule has 0 aliphatic carbocycles. The summed E-state index contributed by atoms with van der Waals surface area (Å²) >= 11 is 7.53. The molecule has 2 N–H and O–H groups in total. The monoisotopic (exact) mass is 452 g/mol. The Morgan fingerprint density at radius 2 is 1.84 bits per heavy atom. The van der Waals surface area contributed by atoms with E-state index in [1.54, 1.807) is 11.3 Å². The van der Waals surface area contributed by atoms with Crippen LogP contribution >= 0.6 is 22.9 Å². The summed E-state index contributed by atoms with van der Waals surface area (Å²) in [5.41, 5.74) is 2.81. The molecule has 5 nitrogen and oxygen atoms in total. The summed E-state index contributed by atoms with van der Waals surface area (Å²) in [5.74, 6) is 1.20. The largest absolute Gasteiger partial charge is 0.510 e. The Hall–Kier alpha value is -2.41. The number of halogens is 1. The van der Waals surface area contributed by atoms with E-state index < -0.39 is 0 Å². The van der Waals surface area contributed by atoms with E-state index in [-0.39, 0.29) is 5.76 Å². The van der Waals surface area contributed by atoms with Gasteiger partial charge in [-0.05, 0) is 61.7 Å². The highest BCUT2D eigenvalue weighted by Crippen LogP contribution is 2.34. The van der Waals surface area contributed by atoms with Crippen LogP contribution < -0.4 is 0 Å². The molecule has 0 radical (unpaired) electrons. The minimum Gasteiger partial charge on any atom is -0.510 e. The van der Waals surface area contributed by atoms with Gasteiger partial charge in [0.25, 0.3) is 0 Å². The van der Waals surface area contributed by atoms with Gasteiger partial charge in [-0.2, -0.15) is 0 Å². The number of thiazole rings is 1. The van der Waals surface area contributed by atoms with Crippen LogP contribution in [-0.2, 0) is 6.54 Å². The zero-order valence-corrected chi connectivity index (χ0v) is 18.8. The van der Waals surface area contributed by atoms with Crippen molar-refractivity contribution in [3.63, 3.8) is 0 Å². The van der Waals surface area contributed by atoms with E-state index in [1.165, 1.54) is 5.56 Å². The van der Waals surface area contributed by atoms with Crippen LogP contribution in [0.5, 0.6) is 0 Å². The topological polar surface area (TPSA) is 63.5 Å². The van der Waals surface area contributed by atoms with Crippen molar-refractivity contribution in [3.8, 4) is 0 Å². The first-order valence-electron chi connectivity index (χ1n) is 10.7. The van der Waals surface area contributed by atoms with Gasteiger partial charge in [-0.1, -0.05) is 35.9 Å². The predicted molar refractivity (Wildman–Crippen MR) is 128 cm³/mol. The van der Waals surface area contributed by atoms with Crippen molar-refractivity contribution in [3.05, 3.63) is 69.9 Å². The van der Waals surface area contributed by atoms with Crippen molar-refractivity contribution in [1.29, 1.82) is 5.41 Å². The highest BCUT2D eigenvalue weighted by molar-refractivity contribution is 7.19. The molecule has 1 fully saturated rings. The Bertz CT molecular complexity index is 1100. The second-order valence-electron chi connectivity index (χ2n) is 8.38. The van der Waals surface area contributed by atoms with E-state index in [4.69, 9.17) is 17.0 Å². The number of nitrogens with zero attached hydrogens (tertiary/aromatic N) is 3. The number of hydrogen-bond acceptors (Lipinski definition) is 5. The van der Waals surface area contributed by atoms with Gasteiger partial charge in [0.15, 0.2) is 0 Å². The van der Waals surface area contributed by atoms with Crippen LogP contribution in [-0.4, -0.2) is 51.9 Å². The van der Waals surface area contributed by atoms with Crippen molar-refractivity contribution in [2.75, 3.05) is 26.2 Å². The summed E-state index contributed by atoms with van der Waals surface area (Å²) in [4.78, 5) is 9.14. The van der Waals surface area contributed by atoms with Crippen LogP contribution in [0.2, 0.25) is 5.02 Å². The minimum atomic E-state index is 0.268. The van der Waals surface area contributed by atoms with Crippen LogP contribution in [0.15, 0.2) is 54.3 Å². The van der Waals surface area contributed by atoms with Gasteiger partial charge >= 0.3 is 0 Å². The molecule has 0 atom stereocenters. The molecule has 5 rings (SSSR count). The number of nitrogens with one attached hydrogen (secondary N) is 1. The first kappa shape index (κ1) is 20.5. The first-order valence-corrected chi connectivity index (χ1v) is 11.8. The average Bonchev–Trinajstić information content (AvgIpc) is 3.31. The lowest BCUT2D eigenvalue weighted by molar-refractivity contribution is 0.160. The molecule has 2 aliphatic rings. The molecule has 1 saturated heterocycles. The number of piperidine rings is 1. The number of aliphatic hydroxyl groups excluding tert-OH is 1. The number of aliphatic hydroxyl groups is 1. The number of fused-ring (bicyclic) bond motifs is 1. The number of benzene rings is 2. The van der Waals surface area contributed by atoms with Crippen LogP contribution in [0.1, 0.15) is 23.4 Å². The standard InChI is InChI=1S/C24H25ClN4OS/c25-18-7-5-16(6-8-18)13-28-11-9-17(10-12-28)14-29-15-20(30)22(23(29)26)24-27-19-3-1-2-4-21(19)31-24/h1-8,17,26,30H,9-15H2. The number of hydrogen-bond donors (Lipinski definition) is 2. The van der Waals surface area contributed by atoms with Gasteiger partial charge in [0.2, 0.25) is 0 Å². The number of amidine groups is 1. The SMILES string of the molecule is N=C1C(c2nc3ccccc3s2)=C(O)CN1CC1CCN(Cc2ccc(Cl)cc2)CC1. The lowest BCUT2D eigenvalue weighted by atomic mass is 9.95. The molecule has 0 saturated carbocycles. The summed E-state index contributed by atoms with van der Waals surface area (Å²) in [6.45, 7) is 4.28. The van der Waals surface area contributed by atoms with Crippen LogP contribution in [0, 0.1) is 11.3 Å². The fourth-order valence-electron chi connectivity index (χ4n) is 4.48. The molecule has 2 aromatic carbocycles. The molecule has 0 spiro atoms. The van der Waals surface area contributed by atoms with E-state index in [0.717, 1.165) is 59.3 Å². The fraction of sp³-hybridized carbons (Fsp3) is 0.333. The van der Waals surface area contributed by atoms with Crippen LogP contribution in [0.4, 0.5) is 0 Å². The lowest BCUT2D eigenvalue weighted by Gasteiger charge is -2.34. The number of rotatable bonds is 5. The van der Waals surface area contributed by atoms with Gasteiger partial charge < -0.3 is 10.0 Å². The molecular weight excluding hydrogens is 428 g/mol. The first-order chi connectivity index (χ1) is 15.1. The van der Waals surface area contributed by atoms with Crippen molar-refractivity contribution in [2.45, 2.75) is 19.4 Å². The van der Waals surface area contributed by atoms with Gasteiger partial charge in [0.05, 0.1) is 22.3 Å². The number of aromatic nitrogens is 1. The fourth-order valence-corrected chi connectivity index (χ4v) is 5.64. The van der Waals surface area contributed by atoms with Gasteiger partial charge in [0.1, 0.15) is 16.6 Å². The van der Waals surface area contributed by atoms with Crippen molar-refractivity contribution in [2.24, 2.45) is 5.92 Å². The van der Waals surface area contributed by atoms with E-state index in [1.807, 2.05) is 41.3 Å². The van der Waals surface area contributed by atoms with Crippen LogP contribution in [0.25, 0.3) is 15.8 Å². The molecule has 0 bridgehead atoms. The second kappa shape index (κ2) is 8.61.